The van der Waals surface area contributed by atoms with Crippen molar-refractivity contribution in [3.8, 4) is 11.3 Å². The highest BCUT2D eigenvalue weighted by Crippen LogP contribution is 2.35. The van der Waals surface area contributed by atoms with Crippen LogP contribution in [-0.4, -0.2) is 71.2 Å². The molecule has 0 bridgehead atoms. The van der Waals surface area contributed by atoms with Crippen molar-refractivity contribution in [3.63, 3.8) is 0 Å². The lowest BCUT2D eigenvalue weighted by Crippen LogP contribution is -2.53. The number of aromatic nitrogens is 3. The van der Waals surface area contributed by atoms with Gasteiger partial charge in [0.25, 0.3) is 0 Å². The Bertz CT molecular complexity index is 930. The van der Waals surface area contributed by atoms with E-state index in [1.807, 2.05) is 11.4 Å². The number of fused-ring (bicyclic) bond motifs is 1. The minimum atomic E-state index is -0.0410. The summed E-state index contributed by atoms with van der Waals surface area (Å²) in [6.07, 6.45) is 0. The summed E-state index contributed by atoms with van der Waals surface area (Å²) in [5, 5.41) is 20.1. The average molecular weight is 387 g/mol. The van der Waals surface area contributed by atoms with E-state index in [0.717, 1.165) is 73.9 Å². The van der Waals surface area contributed by atoms with Crippen LogP contribution in [0.15, 0.2) is 22.1 Å². The molecule has 1 aromatic carbocycles. The molecule has 1 N–H and O–H groups in total. The van der Waals surface area contributed by atoms with Crippen LogP contribution < -0.4 is 4.90 Å². The second kappa shape index (κ2) is 7.16. The maximum absolute atomic E-state index is 9.28. The van der Waals surface area contributed by atoms with Crippen LogP contribution in [0.4, 0.5) is 5.69 Å². The first-order valence-electron chi connectivity index (χ1n) is 9.17. The SMILES string of the molecule is OCc1nc(-c2cc(N3CC(CN4CCOCC4)C3)c3nonc3c2)cs1. The fourth-order valence-corrected chi connectivity index (χ4v) is 4.47. The number of thiazole rings is 1. The van der Waals surface area contributed by atoms with Crippen LogP contribution in [0.1, 0.15) is 5.01 Å². The molecule has 4 heterocycles. The maximum Gasteiger partial charge on any atom is 0.158 e. The van der Waals surface area contributed by atoms with Gasteiger partial charge in [0, 0.05) is 49.6 Å². The number of hydrogen-bond acceptors (Lipinski definition) is 9. The van der Waals surface area contributed by atoms with Crippen molar-refractivity contribution < 1.29 is 14.5 Å². The van der Waals surface area contributed by atoms with Crippen LogP contribution >= 0.6 is 11.3 Å². The smallest absolute Gasteiger partial charge is 0.158 e. The van der Waals surface area contributed by atoms with E-state index in [9.17, 15) is 5.11 Å². The standard InChI is InChI=1S/C18H21N5O3S/c24-10-17-19-15(11-27-17)13-5-14-18(21-26-20-14)16(6-13)23-8-12(9-23)7-22-1-3-25-4-2-22/h5-6,11-12,24H,1-4,7-10H2. The van der Waals surface area contributed by atoms with Crippen LogP contribution in [0.5, 0.6) is 0 Å². The number of anilines is 1. The van der Waals surface area contributed by atoms with Gasteiger partial charge in [-0.05, 0) is 22.4 Å². The van der Waals surface area contributed by atoms with Crippen LogP contribution in [-0.2, 0) is 11.3 Å². The monoisotopic (exact) mass is 387 g/mol. The zero-order chi connectivity index (χ0) is 18.2. The average Bonchev–Trinajstić information content (AvgIpc) is 3.33. The van der Waals surface area contributed by atoms with Gasteiger partial charge in [-0.3, -0.25) is 4.90 Å². The highest BCUT2D eigenvalue weighted by molar-refractivity contribution is 7.09. The number of rotatable bonds is 5. The molecule has 2 aromatic heterocycles. The van der Waals surface area contributed by atoms with E-state index in [0.29, 0.717) is 10.9 Å². The normalized spacial score (nSPS) is 18.9. The van der Waals surface area contributed by atoms with Gasteiger partial charge in [0.15, 0.2) is 5.52 Å². The lowest BCUT2D eigenvalue weighted by atomic mass is 9.97. The number of aliphatic hydroxyl groups excluding tert-OH is 1. The Balaban J connectivity index is 1.36. The van der Waals surface area contributed by atoms with Crippen molar-refractivity contribution in [2.75, 3.05) is 50.8 Å². The molecule has 2 aliphatic heterocycles. The molecule has 0 amide bonds. The van der Waals surface area contributed by atoms with Gasteiger partial charge < -0.3 is 14.7 Å². The van der Waals surface area contributed by atoms with Crippen LogP contribution in [0.3, 0.4) is 0 Å². The Morgan fingerprint density at radius 3 is 2.81 bits per heavy atom. The van der Waals surface area contributed by atoms with Crippen LogP contribution in [0.25, 0.3) is 22.3 Å². The highest BCUT2D eigenvalue weighted by atomic mass is 32.1. The molecule has 0 saturated carbocycles. The van der Waals surface area contributed by atoms with E-state index in [4.69, 9.17) is 9.37 Å². The van der Waals surface area contributed by atoms with Crippen LogP contribution in [0, 0.1) is 5.92 Å². The molecule has 0 aliphatic carbocycles. The molecular weight excluding hydrogens is 366 g/mol. The molecule has 8 nitrogen and oxygen atoms in total. The van der Waals surface area contributed by atoms with Crippen molar-refractivity contribution in [1.29, 1.82) is 0 Å². The van der Waals surface area contributed by atoms with Gasteiger partial charge in [-0.15, -0.1) is 11.3 Å². The van der Waals surface area contributed by atoms with Gasteiger partial charge in [0.1, 0.15) is 10.5 Å². The predicted molar refractivity (Wildman–Crippen MR) is 102 cm³/mol. The molecule has 27 heavy (non-hydrogen) atoms. The molecular formula is C18H21N5O3S. The highest BCUT2D eigenvalue weighted by Gasteiger charge is 2.31. The van der Waals surface area contributed by atoms with Crippen molar-refractivity contribution in [1.82, 2.24) is 20.2 Å². The molecule has 9 heteroatoms. The van der Waals surface area contributed by atoms with Crippen LogP contribution in [0.2, 0.25) is 0 Å². The zero-order valence-electron chi connectivity index (χ0n) is 14.9. The largest absolute Gasteiger partial charge is 0.389 e. The quantitative estimate of drug-likeness (QED) is 0.706. The predicted octanol–water partition coefficient (Wildman–Crippen LogP) is 1.61. The molecule has 2 fully saturated rings. The number of ether oxygens (including phenoxy) is 1. The summed E-state index contributed by atoms with van der Waals surface area (Å²) in [6, 6.07) is 4.05. The molecule has 0 radical (unpaired) electrons. The number of hydrogen-bond donors (Lipinski definition) is 1. The third-order valence-electron chi connectivity index (χ3n) is 5.24. The van der Waals surface area contributed by atoms with E-state index in [-0.39, 0.29) is 6.61 Å². The van der Waals surface area contributed by atoms with Crippen molar-refractivity contribution in [3.05, 3.63) is 22.5 Å². The van der Waals surface area contributed by atoms with Crippen molar-refractivity contribution >= 4 is 28.1 Å². The first kappa shape index (κ1) is 17.1. The fourth-order valence-electron chi connectivity index (χ4n) is 3.81. The van der Waals surface area contributed by atoms with Gasteiger partial charge in [-0.1, -0.05) is 0 Å². The summed E-state index contributed by atoms with van der Waals surface area (Å²) in [5.74, 6) is 0.655. The number of morpholine rings is 1. The van der Waals surface area contributed by atoms with E-state index >= 15 is 0 Å². The zero-order valence-corrected chi connectivity index (χ0v) is 15.7. The molecule has 142 valence electrons. The summed E-state index contributed by atoms with van der Waals surface area (Å²) in [7, 11) is 0. The summed E-state index contributed by atoms with van der Waals surface area (Å²) < 4.78 is 10.4. The lowest BCUT2D eigenvalue weighted by molar-refractivity contribution is 0.0286. The van der Waals surface area contributed by atoms with Gasteiger partial charge in [0.2, 0.25) is 0 Å². The van der Waals surface area contributed by atoms with Gasteiger partial charge in [-0.2, -0.15) is 0 Å². The van der Waals surface area contributed by atoms with Gasteiger partial charge >= 0.3 is 0 Å². The summed E-state index contributed by atoms with van der Waals surface area (Å²) in [5.41, 5.74) is 4.39. The minimum absolute atomic E-state index is 0.0410. The Morgan fingerprint density at radius 1 is 1.19 bits per heavy atom. The Hall–Kier alpha value is -2.07. The first-order chi connectivity index (χ1) is 13.3. The van der Waals surface area contributed by atoms with E-state index < -0.39 is 0 Å². The third-order valence-corrected chi connectivity index (χ3v) is 6.08. The molecule has 2 aliphatic rings. The summed E-state index contributed by atoms with van der Waals surface area (Å²) in [6.45, 7) is 6.82. The molecule has 2 saturated heterocycles. The van der Waals surface area contributed by atoms with Gasteiger partial charge in [-0.25, -0.2) is 9.61 Å². The number of aliphatic hydroxyl groups is 1. The number of nitrogens with zero attached hydrogens (tertiary/aromatic N) is 5. The van der Waals surface area contributed by atoms with E-state index in [1.165, 1.54) is 11.3 Å². The Morgan fingerprint density at radius 2 is 2.04 bits per heavy atom. The van der Waals surface area contributed by atoms with E-state index in [2.05, 4.69) is 31.2 Å². The number of benzene rings is 1. The maximum atomic E-state index is 9.28. The molecule has 0 atom stereocenters. The van der Waals surface area contributed by atoms with Gasteiger partial charge in [0.05, 0.1) is 31.2 Å². The Labute approximate surface area is 160 Å². The first-order valence-corrected chi connectivity index (χ1v) is 10.0. The molecule has 0 spiro atoms. The Kier molecular flexibility index (Phi) is 4.52. The second-order valence-electron chi connectivity index (χ2n) is 7.10. The molecule has 5 rings (SSSR count). The molecule has 0 unspecified atom stereocenters. The second-order valence-corrected chi connectivity index (χ2v) is 8.04. The molecule has 3 aromatic rings. The fraction of sp³-hybridized carbons (Fsp3) is 0.500. The summed E-state index contributed by atoms with van der Waals surface area (Å²) >= 11 is 1.46. The minimum Gasteiger partial charge on any atom is -0.389 e. The topological polar surface area (TPSA) is 87.8 Å². The lowest BCUT2D eigenvalue weighted by Gasteiger charge is -2.43. The summed E-state index contributed by atoms with van der Waals surface area (Å²) in [4.78, 5) is 9.30. The van der Waals surface area contributed by atoms with E-state index in [1.54, 1.807) is 0 Å². The third kappa shape index (κ3) is 3.31. The van der Waals surface area contributed by atoms with Crippen molar-refractivity contribution in [2.24, 2.45) is 5.92 Å². The van der Waals surface area contributed by atoms with Crippen molar-refractivity contribution in [2.45, 2.75) is 6.61 Å².